The number of carbonyl (C=O) groups excluding carboxylic acids is 1. The number of methoxy groups -OCH3 is 1. The number of aliphatic carboxylic acids is 1. The molecular weight excluding hydrogens is 515 g/mol. The normalized spacial score (nSPS) is 20.8. The molecular formula is C23H24Cl2N4O5S. The molecule has 1 saturated heterocycles. The van der Waals surface area contributed by atoms with Gasteiger partial charge in [-0.05, 0) is 18.6 Å². The maximum Gasteiger partial charge on any atom is 0.338 e. The molecule has 2 N–H and O–H groups in total. The molecule has 4 rings (SSSR count). The van der Waals surface area contributed by atoms with Crippen LogP contribution in [-0.4, -0.2) is 72.2 Å². The molecule has 0 aliphatic carbocycles. The Morgan fingerprint density at radius 2 is 2.20 bits per heavy atom. The van der Waals surface area contributed by atoms with Gasteiger partial charge in [0.2, 0.25) is 0 Å². The number of carboxylic acid groups (broad SMARTS) is 1. The number of hydrogen-bond donors (Lipinski definition) is 2. The lowest BCUT2D eigenvalue weighted by molar-refractivity contribution is -0.138. The Balaban J connectivity index is 1.76. The Morgan fingerprint density at radius 3 is 2.89 bits per heavy atom. The first-order valence-corrected chi connectivity index (χ1v) is 12.6. The molecule has 1 aromatic heterocycles. The van der Waals surface area contributed by atoms with Gasteiger partial charge in [0.1, 0.15) is 6.04 Å². The Bertz CT molecular complexity index is 1150. The summed E-state index contributed by atoms with van der Waals surface area (Å²) in [6.07, 6.45) is 2.13. The van der Waals surface area contributed by atoms with Gasteiger partial charge in [-0.15, -0.1) is 11.3 Å². The van der Waals surface area contributed by atoms with Crippen molar-refractivity contribution in [2.75, 3.05) is 33.4 Å². The summed E-state index contributed by atoms with van der Waals surface area (Å²) in [5.74, 6) is -0.897. The molecule has 0 unspecified atom stereocenters. The number of carbonyl (C=O) groups is 2. The van der Waals surface area contributed by atoms with Gasteiger partial charge < -0.3 is 19.9 Å². The summed E-state index contributed by atoms with van der Waals surface area (Å²) in [6.45, 7) is 1.84. The summed E-state index contributed by atoms with van der Waals surface area (Å²) < 4.78 is 10.7. The molecule has 0 saturated carbocycles. The predicted molar refractivity (Wildman–Crippen MR) is 133 cm³/mol. The lowest BCUT2D eigenvalue weighted by Gasteiger charge is -2.37. The maximum absolute atomic E-state index is 13.1. The van der Waals surface area contributed by atoms with Crippen molar-refractivity contribution in [3.05, 3.63) is 61.7 Å². The molecule has 186 valence electrons. The topological polar surface area (TPSA) is 113 Å². The third-order valence-electron chi connectivity index (χ3n) is 5.83. The van der Waals surface area contributed by atoms with E-state index in [1.807, 2.05) is 5.38 Å². The summed E-state index contributed by atoms with van der Waals surface area (Å²) in [5.41, 5.74) is 1.52. The second-order valence-electron chi connectivity index (χ2n) is 8.02. The van der Waals surface area contributed by atoms with E-state index in [4.69, 9.17) is 42.8 Å². The number of rotatable bonds is 8. The Morgan fingerprint density at radius 1 is 1.37 bits per heavy atom. The van der Waals surface area contributed by atoms with Crippen molar-refractivity contribution in [3.8, 4) is 0 Å². The van der Waals surface area contributed by atoms with Crippen LogP contribution in [0.15, 0.2) is 46.0 Å². The quantitative estimate of drug-likeness (QED) is 0.490. The Labute approximate surface area is 216 Å². The van der Waals surface area contributed by atoms with Gasteiger partial charge in [0.05, 0.1) is 25.9 Å². The van der Waals surface area contributed by atoms with Crippen molar-refractivity contribution in [1.82, 2.24) is 15.2 Å². The molecule has 2 aromatic rings. The van der Waals surface area contributed by atoms with Crippen LogP contribution in [0, 0.1) is 0 Å². The van der Waals surface area contributed by atoms with E-state index < -0.39 is 18.0 Å². The number of nitrogens with zero attached hydrogens (tertiary/aromatic N) is 3. The highest BCUT2D eigenvalue weighted by molar-refractivity contribution is 7.11. The van der Waals surface area contributed by atoms with E-state index in [1.54, 1.807) is 24.4 Å². The van der Waals surface area contributed by atoms with Crippen molar-refractivity contribution in [2.24, 2.45) is 4.99 Å². The van der Waals surface area contributed by atoms with Crippen molar-refractivity contribution in [1.29, 1.82) is 0 Å². The van der Waals surface area contributed by atoms with E-state index in [2.05, 4.69) is 15.2 Å². The number of hydrogen-bond acceptors (Lipinski definition) is 9. The lowest BCUT2D eigenvalue weighted by Crippen LogP contribution is -2.49. The monoisotopic (exact) mass is 538 g/mol. The number of benzene rings is 1. The fraction of sp³-hybridized carbons (Fsp3) is 0.391. The number of esters is 1. The summed E-state index contributed by atoms with van der Waals surface area (Å²) >= 11 is 14.1. The molecule has 0 bridgehead atoms. The van der Waals surface area contributed by atoms with Crippen molar-refractivity contribution < 1.29 is 24.2 Å². The summed E-state index contributed by atoms with van der Waals surface area (Å²) in [5, 5.41) is 15.8. The van der Waals surface area contributed by atoms with Crippen LogP contribution in [0.25, 0.3) is 0 Å². The summed E-state index contributed by atoms with van der Waals surface area (Å²) in [6, 6.07) is 4.18. The molecule has 35 heavy (non-hydrogen) atoms. The average molecular weight is 539 g/mol. The number of thiazole rings is 1. The van der Waals surface area contributed by atoms with Crippen molar-refractivity contribution in [3.63, 3.8) is 0 Å². The number of halogens is 2. The fourth-order valence-electron chi connectivity index (χ4n) is 4.12. The van der Waals surface area contributed by atoms with Crippen LogP contribution in [0.2, 0.25) is 10.0 Å². The number of nitrogens with one attached hydrogen (secondary N) is 1. The van der Waals surface area contributed by atoms with Crippen LogP contribution in [0.5, 0.6) is 0 Å². The first-order valence-electron chi connectivity index (χ1n) is 10.9. The van der Waals surface area contributed by atoms with E-state index in [0.717, 1.165) is 0 Å². The van der Waals surface area contributed by atoms with Gasteiger partial charge in [-0.25, -0.2) is 9.78 Å². The van der Waals surface area contributed by atoms with Gasteiger partial charge in [-0.2, -0.15) is 0 Å². The molecule has 2 aliphatic rings. The molecule has 1 fully saturated rings. The van der Waals surface area contributed by atoms with E-state index in [0.29, 0.717) is 70.4 Å². The highest BCUT2D eigenvalue weighted by Gasteiger charge is 2.35. The maximum atomic E-state index is 13.1. The minimum absolute atomic E-state index is 0.0235. The van der Waals surface area contributed by atoms with Crippen molar-refractivity contribution >= 4 is 52.3 Å². The zero-order valence-electron chi connectivity index (χ0n) is 18.9. The van der Waals surface area contributed by atoms with Crippen LogP contribution in [0.1, 0.15) is 29.5 Å². The molecule has 12 heteroatoms. The van der Waals surface area contributed by atoms with E-state index in [1.165, 1.54) is 18.4 Å². The molecule has 2 atom stereocenters. The Kier molecular flexibility index (Phi) is 8.40. The van der Waals surface area contributed by atoms with Crippen LogP contribution < -0.4 is 5.32 Å². The second kappa shape index (κ2) is 11.5. The lowest BCUT2D eigenvalue weighted by atomic mass is 9.95. The standard InChI is InChI=1S/C23H24Cl2N4O5S/c1-33-23(32)19-17(11-29-7-8-34-12-14(29)3-5-18(30)31)27-21(22-26-6-9-35-22)28-20(19)15-4-2-13(24)10-16(15)25/h2,4,6,9-10,14,20H,3,5,7-8,11-12H2,1H3,(H,27,28)(H,30,31)/t14-,20-/m0/s1. The van der Waals surface area contributed by atoms with E-state index in [-0.39, 0.29) is 12.5 Å². The molecule has 3 heterocycles. The number of morpholine rings is 1. The fourth-order valence-corrected chi connectivity index (χ4v) is 5.22. The molecule has 0 spiro atoms. The zero-order valence-corrected chi connectivity index (χ0v) is 21.2. The molecule has 2 aliphatic heterocycles. The first kappa shape index (κ1) is 25.6. The number of aromatic nitrogens is 1. The smallest absolute Gasteiger partial charge is 0.338 e. The number of carboxylic acids is 1. The predicted octanol–water partition coefficient (Wildman–Crippen LogP) is 3.53. The average Bonchev–Trinajstić information content (AvgIpc) is 3.38. The molecule has 1 aromatic carbocycles. The van der Waals surface area contributed by atoms with Gasteiger partial charge in [-0.3, -0.25) is 14.7 Å². The number of ether oxygens (including phenoxy) is 2. The highest BCUT2D eigenvalue weighted by atomic mass is 35.5. The minimum atomic E-state index is -0.864. The van der Waals surface area contributed by atoms with Crippen LogP contribution in [0.3, 0.4) is 0 Å². The van der Waals surface area contributed by atoms with Gasteiger partial charge in [0.25, 0.3) is 0 Å². The van der Waals surface area contributed by atoms with Gasteiger partial charge >= 0.3 is 11.9 Å². The SMILES string of the molecule is COC(=O)C1=C(CN2CCOC[C@@H]2CCC(=O)O)NC(c2nccs2)=N[C@H]1c1ccc(Cl)cc1Cl. The van der Waals surface area contributed by atoms with Crippen LogP contribution >= 0.6 is 34.5 Å². The van der Waals surface area contributed by atoms with Gasteiger partial charge in [-0.1, -0.05) is 29.3 Å². The number of amidine groups is 1. The summed E-state index contributed by atoms with van der Waals surface area (Å²) in [4.78, 5) is 35.5. The summed E-state index contributed by atoms with van der Waals surface area (Å²) in [7, 11) is 1.32. The van der Waals surface area contributed by atoms with Gasteiger partial charge in [0, 0.05) is 58.4 Å². The molecule has 0 amide bonds. The zero-order chi connectivity index (χ0) is 24.9. The minimum Gasteiger partial charge on any atom is -0.481 e. The number of aliphatic imine (C=N–C) groups is 1. The second-order valence-corrected chi connectivity index (χ2v) is 9.76. The molecule has 9 nitrogen and oxygen atoms in total. The van der Waals surface area contributed by atoms with E-state index in [9.17, 15) is 9.59 Å². The largest absolute Gasteiger partial charge is 0.481 e. The Hall–Kier alpha value is -2.50. The van der Waals surface area contributed by atoms with Crippen LogP contribution in [-0.2, 0) is 19.1 Å². The third-order valence-corrected chi connectivity index (χ3v) is 7.17. The first-order chi connectivity index (χ1) is 16.9. The highest BCUT2D eigenvalue weighted by Crippen LogP contribution is 2.37. The van der Waals surface area contributed by atoms with Crippen LogP contribution in [0.4, 0.5) is 0 Å². The van der Waals surface area contributed by atoms with Gasteiger partial charge in [0.15, 0.2) is 10.8 Å². The van der Waals surface area contributed by atoms with Crippen molar-refractivity contribution in [2.45, 2.75) is 24.9 Å². The van der Waals surface area contributed by atoms with E-state index >= 15 is 0 Å². The molecule has 0 radical (unpaired) electrons. The third kappa shape index (κ3) is 6.02.